The normalized spacial score (nSPS) is 16.5. The second kappa shape index (κ2) is 55.2. The summed E-state index contributed by atoms with van der Waals surface area (Å²) in [7, 11) is 6.85. The summed E-state index contributed by atoms with van der Waals surface area (Å²) in [6, 6.07) is 35.4. The van der Waals surface area contributed by atoms with E-state index >= 15 is 0 Å². The summed E-state index contributed by atoms with van der Waals surface area (Å²) in [5, 5.41) is 79.0. The lowest BCUT2D eigenvalue weighted by Gasteiger charge is -2.23. The van der Waals surface area contributed by atoms with Gasteiger partial charge in [-0.15, -0.1) is 0 Å². The van der Waals surface area contributed by atoms with Crippen LogP contribution in [0.4, 0.5) is 34.9 Å². The van der Waals surface area contributed by atoms with E-state index in [1.807, 2.05) is 90.6 Å². The van der Waals surface area contributed by atoms with Crippen molar-refractivity contribution in [2.45, 2.75) is 318 Å². The zero-order chi connectivity index (χ0) is 103. The molecule has 0 radical (unpaired) electrons. The van der Waals surface area contributed by atoms with Gasteiger partial charge in [-0.05, 0) is 207 Å². The van der Waals surface area contributed by atoms with Crippen molar-refractivity contribution < 1.29 is 23.9 Å². The van der Waals surface area contributed by atoms with E-state index in [9.17, 15) is 19.2 Å². The van der Waals surface area contributed by atoms with Crippen molar-refractivity contribution >= 4 is 124 Å². The minimum atomic E-state index is 0.0190. The molecule has 149 heavy (non-hydrogen) atoms. The smallest absolute Gasteiger partial charge is 0.222 e. The van der Waals surface area contributed by atoms with Crippen molar-refractivity contribution in [2.24, 2.45) is 0 Å². The maximum Gasteiger partial charge on any atom is 0.222 e. The topological polar surface area (TPSA) is 455 Å². The number of pyridine rings is 8. The number of methoxy groups -OCH3 is 1. The molecule has 35 heteroatoms. The molecule has 35 nitrogen and oxygen atoms in total. The minimum Gasteiger partial charge on any atom is -0.383 e. The predicted molar refractivity (Wildman–Crippen MR) is 591 cm³/mol. The zero-order valence-electron chi connectivity index (χ0n) is 87.4. The van der Waals surface area contributed by atoms with Crippen LogP contribution < -0.4 is 42.5 Å². The van der Waals surface area contributed by atoms with E-state index in [-0.39, 0.29) is 23.6 Å². The summed E-state index contributed by atoms with van der Waals surface area (Å²) in [5.74, 6) is 6.35. The molecule has 15 heterocycles. The highest BCUT2D eigenvalue weighted by molar-refractivity contribution is 5.96. The van der Waals surface area contributed by atoms with Gasteiger partial charge in [0, 0.05) is 211 Å². The van der Waals surface area contributed by atoms with Crippen LogP contribution in [0.25, 0.3) is 65.4 Å². The molecule has 7 fully saturated rings. The first kappa shape index (κ1) is 106. The van der Waals surface area contributed by atoms with Gasteiger partial charge in [-0.1, -0.05) is 152 Å². The fraction of sp³-hybridized carbons (Fsp3) is 0.509. The summed E-state index contributed by atoms with van der Waals surface area (Å²) in [5.41, 5.74) is 15.6. The van der Waals surface area contributed by atoms with Gasteiger partial charge in [-0.2, -0.15) is 30.6 Å². The Morgan fingerprint density at radius 1 is 0.342 bits per heavy atom. The SMILES string of the molecule is CN(C)C(=O)CCc1[nH]nc2ccnc(NC3CCCCC3)c12.CNC(=O)CCc1[nH]nc2ccnc(NC3CCCCC3)c12.COCCNC(=O)CCc1[nH]nc2ccnc(NC3CCCCC3)c12.O=C(CCc1[nH]nc2ccnc(NC3CCCCC3)c12)N1CCC(c2ccncc2)C1.c1ccc(CCc2[nH]nc3ccnc(NC4CCCCC4)c23)cc1.c1ccc(CCc2[nH]nc3ccnc(NC4CCCCC4)c23)nc1. The van der Waals surface area contributed by atoms with Gasteiger partial charge in [-0.25, -0.2) is 29.9 Å². The van der Waals surface area contributed by atoms with E-state index in [0.29, 0.717) is 107 Å². The van der Waals surface area contributed by atoms with E-state index in [2.05, 4.69) is 192 Å². The molecule has 22 rings (SSSR count). The van der Waals surface area contributed by atoms with Gasteiger partial charge in [0.05, 0.1) is 72.0 Å². The Kier molecular flexibility index (Phi) is 39.4. The Morgan fingerprint density at radius 2 is 0.671 bits per heavy atom. The molecule has 1 aliphatic heterocycles. The van der Waals surface area contributed by atoms with Crippen molar-refractivity contribution in [3.8, 4) is 0 Å². The first-order chi connectivity index (χ1) is 73.3. The molecule has 14 N–H and O–H groups in total. The number of carbonyl (C=O) groups is 4. The monoisotopic (exact) mass is 2020 g/mol. The third-order valence-corrected chi connectivity index (χ3v) is 30.3. The lowest BCUT2D eigenvalue weighted by molar-refractivity contribution is -0.130. The Bertz CT molecular complexity index is 6530. The number of rotatable bonds is 34. The van der Waals surface area contributed by atoms with Gasteiger partial charge in [0.15, 0.2) is 0 Å². The summed E-state index contributed by atoms with van der Waals surface area (Å²) in [6.45, 7) is 2.68. The van der Waals surface area contributed by atoms with Gasteiger partial charge in [0.25, 0.3) is 0 Å². The number of fused-ring (bicyclic) bond motifs is 6. The number of hydrogen-bond donors (Lipinski definition) is 14. The van der Waals surface area contributed by atoms with E-state index in [0.717, 1.165) is 174 Å². The number of hydrogen-bond acceptors (Lipinski definition) is 25. The second-order valence-corrected chi connectivity index (χ2v) is 41.1. The molecule has 1 saturated heterocycles. The standard InChI is InChI=1S/C24H30N6O.C20H24N4.C19H23N5.C18H27N5O2.C17H25N5O.C16H23N5O/c31-22(30-15-11-18(16-30)17-8-12-25-13-9-17)7-6-20-23-21(29-28-20)10-14-26-24(23)27-19-4-2-1-3-5-19;1-3-7-15(8-4-1)11-12-17-19-18(24-23-17)13-14-21-20(19)22-16-9-5-2-6-10-16;1-2-7-15(8-3-1)22-19-18-16(23-24-17(18)11-13-21-19)10-9-14-6-4-5-12-20-14;1-25-12-11-19-16(24)8-7-14-17-15(23-22-14)9-10-20-18(17)21-13-5-3-2-4-6-13;1-22(2)15(23)9-8-13-16-14(21-20-13)10-11-18-17(16)19-12-6-4-3-5-7-12;1-17-14(22)8-7-12-15-13(21-20-12)9-10-18-16(15)19-11-5-3-2-4-6-11/h8-10,12-14,18-19H,1-7,11,15-16H2,(H,26,27)(H,28,29);1,3-4,7-8,13-14,16H,2,5-6,9-12H2,(H,21,22)(H,23,24);4-6,11-13,15H,1-3,7-10H2,(H,21,22)(H,23,24);9-10,13H,2-8,11-12H2,1H3,(H,19,24)(H,20,21)(H,22,23);10-12H,3-9H2,1-2H3,(H,18,19)(H,20,21);9-11H,2-8H2,1H3,(H,17,22)(H,18,19)(H,20,21). The van der Waals surface area contributed by atoms with Crippen LogP contribution in [0, 0.1) is 0 Å². The van der Waals surface area contributed by atoms with Gasteiger partial charge in [-0.3, -0.25) is 59.7 Å². The first-order valence-electron chi connectivity index (χ1n) is 55.1. The number of H-pyrrole nitrogens is 6. The van der Waals surface area contributed by atoms with Crippen LogP contribution >= 0.6 is 0 Å². The summed E-state index contributed by atoms with van der Waals surface area (Å²) in [6.07, 6.45) is 63.6. The highest BCUT2D eigenvalue weighted by Crippen LogP contribution is 2.37. The van der Waals surface area contributed by atoms with Crippen LogP contribution in [-0.4, -0.2) is 225 Å². The highest BCUT2D eigenvalue weighted by Gasteiger charge is 2.31. The minimum absolute atomic E-state index is 0.0190. The summed E-state index contributed by atoms with van der Waals surface area (Å²) < 4.78 is 4.94. The molecule has 0 bridgehead atoms. The van der Waals surface area contributed by atoms with Crippen molar-refractivity contribution in [3.05, 3.63) is 204 Å². The van der Waals surface area contributed by atoms with Crippen molar-refractivity contribution in [1.82, 2.24) is 121 Å². The average Bonchev–Trinajstić information content (AvgIpc) is 1.70. The number of amides is 4. The van der Waals surface area contributed by atoms with Crippen LogP contribution in [0.15, 0.2) is 153 Å². The number of carbonyl (C=O) groups excluding carboxylic acids is 4. The maximum absolute atomic E-state index is 12.9. The van der Waals surface area contributed by atoms with Gasteiger partial charge in [0.2, 0.25) is 23.6 Å². The molecule has 1 atom stereocenters. The number of likely N-dealkylation sites (tertiary alicyclic amines) is 1. The molecule has 6 saturated carbocycles. The van der Waals surface area contributed by atoms with Crippen LogP contribution in [-0.2, 0) is 75.3 Å². The van der Waals surface area contributed by atoms with Crippen molar-refractivity contribution in [3.63, 3.8) is 0 Å². The van der Waals surface area contributed by atoms with Crippen LogP contribution in [0.1, 0.15) is 282 Å². The van der Waals surface area contributed by atoms with Crippen LogP contribution in [0.2, 0.25) is 0 Å². The van der Waals surface area contributed by atoms with Crippen LogP contribution in [0.3, 0.4) is 0 Å². The fourth-order valence-corrected chi connectivity index (χ4v) is 22.0. The van der Waals surface area contributed by atoms with E-state index in [1.165, 1.54) is 215 Å². The van der Waals surface area contributed by atoms with E-state index < -0.39 is 0 Å². The lowest BCUT2D eigenvalue weighted by Crippen LogP contribution is -2.28. The number of benzene rings is 1. The highest BCUT2D eigenvalue weighted by atomic mass is 16.5. The molecular weight excluding hydrogens is 1870 g/mol. The first-order valence-corrected chi connectivity index (χ1v) is 55.1. The Balaban J connectivity index is 0.000000122. The number of nitrogens with one attached hydrogen (secondary N) is 14. The second-order valence-electron chi connectivity index (χ2n) is 41.1. The van der Waals surface area contributed by atoms with Gasteiger partial charge >= 0.3 is 0 Å². The van der Waals surface area contributed by atoms with E-state index in [1.54, 1.807) is 51.7 Å². The van der Waals surface area contributed by atoms with Gasteiger partial charge in [0.1, 0.15) is 34.9 Å². The quantitative estimate of drug-likeness (QED) is 0.0167. The number of aromatic nitrogens is 20. The Hall–Kier alpha value is -14.1. The molecule has 1 aromatic carbocycles. The molecule has 7 aliphatic rings. The number of ether oxygens (including phenoxy) is 1. The molecule has 14 aromatic heterocycles. The number of aryl methyl sites for hydroxylation is 8. The molecule has 0 spiro atoms. The third-order valence-electron chi connectivity index (χ3n) is 30.3. The molecule has 6 aliphatic carbocycles. The van der Waals surface area contributed by atoms with E-state index in [4.69, 9.17) is 4.74 Å². The fourth-order valence-electron chi connectivity index (χ4n) is 22.0. The third kappa shape index (κ3) is 30.2. The molecule has 4 amide bonds. The number of aromatic amines is 6. The van der Waals surface area contributed by atoms with Crippen molar-refractivity contribution in [2.75, 3.05) is 86.4 Å². The Morgan fingerprint density at radius 3 is 1.01 bits per heavy atom. The number of anilines is 6. The van der Waals surface area contributed by atoms with Gasteiger partial charge < -0.3 is 57.1 Å². The summed E-state index contributed by atoms with van der Waals surface area (Å²) in [4.78, 5) is 87.7. The predicted octanol–water partition coefficient (Wildman–Crippen LogP) is 19.9. The average molecular weight is 2020 g/mol. The summed E-state index contributed by atoms with van der Waals surface area (Å²) >= 11 is 0. The number of nitrogens with zero attached hydrogens (tertiary/aromatic N) is 16. The largest absolute Gasteiger partial charge is 0.383 e. The molecule has 788 valence electrons. The van der Waals surface area contributed by atoms with Crippen LogP contribution in [0.5, 0.6) is 0 Å². The zero-order valence-corrected chi connectivity index (χ0v) is 87.4. The molecule has 1 unspecified atom stereocenters. The maximum atomic E-state index is 12.9. The lowest BCUT2D eigenvalue weighted by atomic mass is 9.95. The molecular formula is C114H152N30O5. The Labute approximate surface area is 872 Å². The molecule has 15 aromatic rings. The van der Waals surface area contributed by atoms with Crippen molar-refractivity contribution in [1.29, 1.82) is 0 Å².